The monoisotopic (exact) mass is 486 g/mol. The smallest absolute Gasteiger partial charge is 0.380 e. The van der Waals surface area contributed by atoms with E-state index >= 15 is 0 Å². The number of aromatic amines is 1. The van der Waals surface area contributed by atoms with E-state index in [4.69, 9.17) is 0 Å². The van der Waals surface area contributed by atoms with Gasteiger partial charge in [-0.15, -0.1) is 11.8 Å². The normalized spacial score (nSPS) is 15.1. The van der Waals surface area contributed by atoms with Gasteiger partial charge in [0, 0.05) is 28.7 Å². The molecule has 1 aromatic carbocycles. The molecule has 2 aromatic heterocycles. The maximum Gasteiger partial charge on any atom is 0.417 e. The third-order valence-corrected chi connectivity index (χ3v) is 7.28. The van der Waals surface area contributed by atoms with Crippen LogP contribution in [0.15, 0.2) is 52.5 Å². The molecule has 174 valence electrons. The van der Waals surface area contributed by atoms with Gasteiger partial charge in [0.2, 0.25) is 0 Å². The maximum atomic E-state index is 14.1. The fourth-order valence-electron chi connectivity index (χ4n) is 3.98. The number of rotatable bonds is 7. The van der Waals surface area contributed by atoms with Crippen molar-refractivity contribution in [3.8, 4) is 0 Å². The molecule has 0 radical (unpaired) electrons. The Morgan fingerprint density at radius 1 is 1.16 bits per heavy atom. The molecule has 0 aliphatic carbocycles. The molecule has 0 saturated heterocycles. The van der Waals surface area contributed by atoms with Crippen LogP contribution in [0.5, 0.6) is 0 Å². The Labute approximate surface area is 189 Å². The molecule has 0 amide bonds. The Morgan fingerprint density at radius 3 is 2.41 bits per heavy atom. The van der Waals surface area contributed by atoms with E-state index in [0.29, 0.717) is 10.9 Å². The molecule has 0 aliphatic heterocycles. The molecule has 3 aromatic rings. The summed E-state index contributed by atoms with van der Waals surface area (Å²) in [4.78, 5) is 7.53. The molecule has 0 aliphatic rings. The van der Waals surface area contributed by atoms with Crippen LogP contribution in [0.4, 0.5) is 13.2 Å². The number of benzene rings is 1. The first-order valence-corrected chi connectivity index (χ1v) is 12.9. The average molecular weight is 487 g/mol. The number of thioether (sulfide) groups is 1. The highest BCUT2D eigenvalue weighted by molar-refractivity contribution is 7.98. The molecule has 0 fully saturated rings. The minimum absolute atomic E-state index is 0.140. The van der Waals surface area contributed by atoms with Crippen molar-refractivity contribution in [2.24, 2.45) is 0 Å². The highest BCUT2D eigenvalue weighted by atomic mass is 32.2. The summed E-state index contributed by atoms with van der Waals surface area (Å²) in [5.41, 5.74) is -2.71. The first-order chi connectivity index (χ1) is 14.7. The highest BCUT2D eigenvalue weighted by Gasteiger charge is 2.56. The van der Waals surface area contributed by atoms with Crippen LogP contribution in [-0.4, -0.2) is 47.8 Å². The highest BCUT2D eigenvalue weighted by Crippen LogP contribution is 2.44. The molecule has 1 unspecified atom stereocenters. The SMILES string of the molecule is CSc1ccccc1C(C)(C)CC(O)(Cc1cc2cc(S(C)(=O)=O)ncc2[nH]1)C(F)(F)F. The molecule has 3 rings (SSSR count). The van der Waals surface area contributed by atoms with Crippen molar-refractivity contribution < 1.29 is 26.7 Å². The maximum absolute atomic E-state index is 14.1. The predicted octanol–water partition coefficient (Wildman–Crippen LogP) is 4.89. The number of sulfone groups is 1. The number of aliphatic hydroxyl groups is 1. The molecular formula is C22H25F3N2O3S2. The molecular weight excluding hydrogens is 461 g/mol. The summed E-state index contributed by atoms with van der Waals surface area (Å²) in [6, 6.07) is 9.95. The second-order valence-corrected chi connectivity index (χ2v) is 11.5. The number of nitrogens with zero attached hydrogens (tertiary/aromatic N) is 1. The Morgan fingerprint density at radius 2 is 1.81 bits per heavy atom. The lowest BCUT2D eigenvalue weighted by atomic mass is 9.73. The van der Waals surface area contributed by atoms with Gasteiger partial charge in [-0.3, -0.25) is 0 Å². The van der Waals surface area contributed by atoms with E-state index in [2.05, 4.69) is 9.97 Å². The number of halogens is 3. The Balaban J connectivity index is 1.99. The fourth-order valence-corrected chi connectivity index (χ4v) is 5.34. The van der Waals surface area contributed by atoms with Gasteiger partial charge in [-0.2, -0.15) is 13.2 Å². The molecule has 2 heterocycles. The molecule has 32 heavy (non-hydrogen) atoms. The van der Waals surface area contributed by atoms with Crippen LogP contribution in [0.2, 0.25) is 0 Å². The van der Waals surface area contributed by atoms with Gasteiger partial charge in [-0.1, -0.05) is 32.0 Å². The molecule has 10 heteroatoms. The fraction of sp³-hybridized carbons (Fsp3) is 0.409. The average Bonchev–Trinajstić information content (AvgIpc) is 3.07. The zero-order valence-electron chi connectivity index (χ0n) is 18.1. The van der Waals surface area contributed by atoms with Crippen LogP contribution in [-0.2, 0) is 21.7 Å². The summed E-state index contributed by atoms with van der Waals surface area (Å²) >= 11 is 1.44. The van der Waals surface area contributed by atoms with Crippen LogP contribution < -0.4 is 0 Å². The molecule has 1 atom stereocenters. The van der Waals surface area contributed by atoms with Gasteiger partial charge in [0.15, 0.2) is 20.5 Å². The lowest BCUT2D eigenvalue weighted by Gasteiger charge is -2.38. The number of hydrogen-bond acceptors (Lipinski definition) is 5. The van der Waals surface area contributed by atoms with E-state index in [1.165, 1.54) is 30.1 Å². The van der Waals surface area contributed by atoms with Gasteiger partial charge in [0.25, 0.3) is 0 Å². The van der Waals surface area contributed by atoms with Gasteiger partial charge >= 0.3 is 6.18 Å². The minimum Gasteiger partial charge on any atom is -0.380 e. The standard InChI is InChI=1S/C22H25F3N2O3S2/c1-20(2,16-7-5-6-8-18(16)31-3)13-21(28,22(23,24)25)11-15-9-14-10-19(32(4,29)30)26-12-17(14)27-15/h5-10,12,27-28H,11,13H2,1-4H3. The van der Waals surface area contributed by atoms with Crippen molar-refractivity contribution in [1.29, 1.82) is 0 Å². The van der Waals surface area contributed by atoms with Crippen molar-refractivity contribution in [3.05, 3.63) is 53.9 Å². The lowest BCUT2D eigenvalue weighted by Crippen LogP contribution is -2.51. The Kier molecular flexibility index (Phi) is 6.45. The Bertz CT molecular complexity index is 1240. The molecule has 0 spiro atoms. The lowest BCUT2D eigenvalue weighted by molar-refractivity contribution is -0.266. The van der Waals surface area contributed by atoms with Crippen molar-refractivity contribution in [2.75, 3.05) is 12.5 Å². The summed E-state index contributed by atoms with van der Waals surface area (Å²) in [5, 5.41) is 11.1. The third kappa shape index (κ3) is 4.97. The molecule has 5 nitrogen and oxygen atoms in total. The number of alkyl halides is 3. The molecule has 2 N–H and O–H groups in total. The van der Waals surface area contributed by atoms with E-state index in [0.717, 1.165) is 16.7 Å². The van der Waals surface area contributed by atoms with Crippen molar-refractivity contribution in [2.45, 2.75) is 53.8 Å². The summed E-state index contributed by atoms with van der Waals surface area (Å²) in [6.45, 7) is 3.37. The van der Waals surface area contributed by atoms with E-state index < -0.39 is 39.9 Å². The summed E-state index contributed by atoms with van der Waals surface area (Å²) in [6.07, 6.45) is -2.01. The number of aromatic nitrogens is 2. The van der Waals surface area contributed by atoms with Gasteiger partial charge in [-0.05, 0) is 41.9 Å². The van der Waals surface area contributed by atoms with E-state index in [1.807, 2.05) is 18.4 Å². The zero-order chi connectivity index (χ0) is 23.9. The number of hydrogen-bond donors (Lipinski definition) is 2. The second kappa shape index (κ2) is 8.39. The van der Waals surface area contributed by atoms with Crippen molar-refractivity contribution in [3.63, 3.8) is 0 Å². The van der Waals surface area contributed by atoms with Crippen molar-refractivity contribution in [1.82, 2.24) is 9.97 Å². The number of nitrogens with one attached hydrogen (secondary N) is 1. The van der Waals surface area contributed by atoms with Crippen LogP contribution in [0.1, 0.15) is 31.5 Å². The third-order valence-electron chi connectivity index (χ3n) is 5.50. The van der Waals surface area contributed by atoms with E-state index in [9.17, 15) is 26.7 Å². The molecule has 0 saturated carbocycles. The largest absolute Gasteiger partial charge is 0.417 e. The zero-order valence-corrected chi connectivity index (χ0v) is 19.7. The topological polar surface area (TPSA) is 83.0 Å². The first kappa shape index (κ1) is 24.6. The van der Waals surface area contributed by atoms with Crippen LogP contribution >= 0.6 is 11.8 Å². The summed E-state index contributed by atoms with van der Waals surface area (Å²) in [7, 11) is -3.56. The number of H-pyrrole nitrogens is 1. The minimum atomic E-state index is -4.88. The van der Waals surface area contributed by atoms with Crippen molar-refractivity contribution >= 4 is 32.5 Å². The Hall–Kier alpha value is -2.04. The van der Waals surface area contributed by atoms with Crippen LogP contribution in [0.3, 0.4) is 0 Å². The summed E-state index contributed by atoms with van der Waals surface area (Å²) in [5.74, 6) is 0. The van der Waals surface area contributed by atoms with Gasteiger partial charge in [-0.25, -0.2) is 13.4 Å². The first-order valence-electron chi connectivity index (χ1n) is 9.77. The quantitative estimate of drug-likeness (QED) is 0.465. The number of fused-ring (bicyclic) bond motifs is 1. The van der Waals surface area contributed by atoms with E-state index in [1.54, 1.807) is 26.0 Å². The number of pyridine rings is 1. The second-order valence-electron chi connectivity index (χ2n) is 8.64. The van der Waals surface area contributed by atoms with Gasteiger partial charge in [0.05, 0.1) is 11.7 Å². The summed E-state index contributed by atoms with van der Waals surface area (Å²) < 4.78 is 65.8. The predicted molar refractivity (Wildman–Crippen MR) is 120 cm³/mol. The van der Waals surface area contributed by atoms with Crippen LogP contribution in [0, 0.1) is 0 Å². The molecule has 0 bridgehead atoms. The van der Waals surface area contributed by atoms with Gasteiger partial charge in [0.1, 0.15) is 0 Å². The van der Waals surface area contributed by atoms with Crippen LogP contribution in [0.25, 0.3) is 10.9 Å². The van der Waals surface area contributed by atoms with E-state index in [-0.39, 0.29) is 10.7 Å². The van der Waals surface area contributed by atoms with Gasteiger partial charge < -0.3 is 10.1 Å².